The van der Waals surface area contributed by atoms with Crippen molar-refractivity contribution in [2.24, 2.45) is 11.7 Å². The predicted molar refractivity (Wildman–Crippen MR) is 94.2 cm³/mol. The number of halogens is 1. The number of likely N-dealkylation sites (tertiary alicyclic amines) is 1. The monoisotopic (exact) mass is 350 g/mol. The minimum Gasteiger partial charge on any atom is -0.341 e. The predicted octanol–water partition coefficient (Wildman–Crippen LogP) is 1.60. The first-order valence-corrected chi connectivity index (χ1v) is 8.81. The van der Waals surface area contributed by atoms with E-state index in [-0.39, 0.29) is 18.3 Å². The molecule has 2 unspecified atom stereocenters. The Hall–Kier alpha value is -2.15. The molecule has 0 radical (unpaired) electrons. The summed E-state index contributed by atoms with van der Waals surface area (Å²) in [5.41, 5.74) is 6.47. The number of rotatable bonds is 7. The molecule has 1 heterocycles. The van der Waals surface area contributed by atoms with Crippen molar-refractivity contribution in [3.63, 3.8) is 0 Å². The summed E-state index contributed by atoms with van der Waals surface area (Å²) in [5, 5.41) is 5.47. The Bertz CT molecular complexity index is 579. The fraction of sp³-hybridized carbons (Fsp3) is 0.556. The molecule has 1 saturated heterocycles. The van der Waals surface area contributed by atoms with Gasteiger partial charge in [0, 0.05) is 19.6 Å². The van der Waals surface area contributed by atoms with E-state index in [9.17, 15) is 14.0 Å². The summed E-state index contributed by atoms with van der Waals surface area (Å²) >= 11 is 0. The maximum absolute atomic E-state index is 12.9. The lowest BCUT2D eigenvalue weighted by Crippen LogP contribution is -2.50. The van der Waals surface area contributed by atoms with E-state index in [4.69, 9.17) is 5.73 Å². The van der Waals surface area contributed by atoms with Crippen LogP contribution in [-0.2, 0) is 11.3 Å². The number of hydrogen-bond donors (Lipinski definition) is 3. The van der Waals surface area contributed by atoms with Crippen molar-refractivity contribution in [1.29, 1.82) is 0 Å². The van der Waals surface area contributed by atoms with Gasteiger partial charge in [-0.3, -0.25) is 4.79 Å². The molecular weight excluding hydrogens is 323 g/mol. The van der Waals surface area contributed by atoms with Gasteiger partial charge in [0.25, 0.3) is 0 Å². The molecule has 4 N–H and O–H groups in total. The van der Waals surface area contributed by atoms with Crippen molar-refractivity contribution in [2.75, 3.05) is 19.6 Å². The van der Waals surface area contributed by atoms with Crippen molar-refractivity contribution in [3.05, 3.63) is 35.6 Å². The number of carbonyl (C=O) groups is 2. The highest BCUT2D eigenvalue weighted by Crippen LogP contribution is 2.16. The van der Waals surface area contributed by atoms with Crippen LogP contribution in [0, 0.1) is 11.7 Å². The van der Waals surface area contributed by atoms with Gasteiger partial charge < -0.3 is 21.3 Å². The SMILES string of the molecule is CCCC(NC(=O)NCc1ccc(F)cc1)C(=O)N1CCC(CN)C1. The van der Waals surface area contributed by atoms with Gasteiger partial charge in [0.05, 0.1) is 0 Å². The number of carbonyl (C=O) groups excluding carboxylic acids is 2. The van der Waals surface area contributed by atoms with Crippen LogP contribution in [0.3, 0.4) is 0 Å². The highest BCUT2D eigenvalue weighted by molar-refractivity contribution is 5.87. The van der Waals surface area contributed by atoms with Gasteiger partial charge in [0.2, 0.25) is 5.91 Å². The van der Waals surface area contributed by atoms with Crippen molar-refractivity contribution in [2.45, 2.75) is 38.8 Å². The third-order valence-electron chi connectivity index (χ3n) is 4.48. The molecule has 1 aromatic carbocycles. The zero-order valence-electron chi connectivity index (χ0n) is 14.6. The zero-order chi connectivity index (χ0) is 18.2. The van der Waals surface area contributed by atoms with Gasteiger partial charge >= 0.3 is 6.03 Å². The normalized spacial score (nSPS) is 18.0. The number of nitrogens with one attached hydrogen (secondary N) is 2. The minimum absolute atomic E-state index is 0.0465. The summed E-state index contributed by atoms with van der Waals surface area (Å²) in [5.74, 6) is -0.0172. The first-order valence-electron chi connectivity index (χ1n) is 8.81. The van der Waals surface area contributed by atoms with Crippen LogP contribution in [0.1, 0.15) is 31.7 Å². The topological polar surface area (TPSA) is 87.5 Å². The van der Waals surface area contributed by atoms with Crippen LogP contribution >= 0.6 is 0 Å². The van der Waals surface area contributed by atoms with Crippen LogP contribution in [-0.4, -0.2) is 42.5 Å². The number of nitrogens with two attached hydrogens (primary N) is 1. The highest BCUT2D eigenvalue weighted by Gasteiger charge is 2.30. The first kappa shape index (κ1) is 19.2. The van der Waals surface area contributed by atoms with E-state index in [0.29, 0.717) is 32.0 Å². The van der Waals surface area contributed by atoms with Crippen LogP contribution < -0.4 is 16.4 Å². The lowest BCUT2D eigenvalue weighted by molar-refractivity contribution is -0.132. The first-order chi connectivity index (χ1) is 12.0. The molecule has 3 amide bonds. The molecule has 0 spiro atoms. The average molecular weight is 350 g/mol. The fourth-order valence-electron chi connectivity index (χ4n) is 2.99. The third kappa shape index (κ3) is 5.70. The van der Waals surface area contributed by atoms with E-state index in [1.807, 2.05) is 6.92 Å². The largest absolute Gasteiger partial charge is 0.341 e. The van der Waals surface area contributed by atoms with Gasteiger partial charge in [-0.2, -0.15) is 0 Å². The van der Waals surface area contributed by atoms with Crippen LogP contribution in [0.4, 0.5) is 9.18 Å². The molecule has 1 aliphatic rings. The Kier molecular flexibility index (Phi) is 7.18. The second-order valence-electron chi connectivity index (χ2n) is 6.47. The van der Waals surface area contributed by atoms with Gasteiger partial charge in [-0.25, -0.2) is 9.18 Å². The Morgan fingerprint density at radius 3 is 2.68 bits per heavy atom. The molecule has 1 aromatic rings. The molecule has 25 heavy (non-hydrogen) atoms. The molecule has 2 atom stereocenters. The number of hydrogen-bond acceptors (Lipinski definition) is 3. The van der Waals surface area contributed by atoms with Gasteiger partial charge in [-0.05, 0) is 43.0 Å². The molecule has 1 aliphatic heterocycles. The lowest BCUT2D eigenvalue weighted by atomic mass is 10.1. The van der Waals surface area contributed by atoms with Crippen LogP contribution in [0.2, 0.25) is 0 Å². The number of nitrogens with zero attached hydrogens (tertiary/aromatic N) is 1. The van der Waals surface area contributed by atoms with E-state index < -0.39 is 12.1 Å². The molecule has 0 bridgehead atoms. The maximum Gasteiger partial charge on any atom is 0.315 e. The smallest absolute Gasteiger partial charge is 0.315 e. The van der Waals surface area contributed by atoms with Crippen LogP contribution in [0.5, 0.6) is 0 Å². The maximum atomic E-state index is 12.9. The molecule has 0 saturated carbocycles. The van der Waals surface area contributed by atoms with E-state index in [1.165, 1.54) is 12.1 Å². The Labute approximate surface area is 147 Å². The molecule has 1 fully saturated rings. The van der Waals surface area contributed by atoms with Gasteiger partial charge in [-0.15, -0.1) is 0 Å². The van der Waals surface area contributed by atoms with Crippen LogP contribution in [0.25, 0.3) is 0 Å². The van der Waals surface area contributed by atoms with Crippen molar-refractivity contribution in [3.8, 4) is 0 Å². The molecular formula is C18H27FN4O2. The number of amides is 3. The molecule has 0 aromatic heterocycles. The summed E-state index contributed by atoms with van der Waals surface area (Å²) < 4.78 is 12.9. The Morgan fingerprint density at radius 1 is 1.36 bits per heavy atom. The van der Waals surface area contributed by atoms with E-state index in [0.717, 1.165) is 18.4 Å². The molecule has 0 aliphatic carbocycles. The number of urea groups is 1. The highest BCUT2D eigenvalue weighted by atomic mass is 19.1. The molecule has 7 heteroatoms. The zero-order valence-corrected chi connectivity index (χ0v) is 14.6. The minimum atomic E-state index is -0.533. The van der Waals surface area contributed by atoms with E-state index in [2.05, 4.69) is 10.6 Å². The summed E-state index contributed by atoms with van der Waals surface area (Å²) in [7, 11) is 0. The second kappa shape index (κ2) is 9.36. The quantitative estimate of drug-likeness (QED) is 0.698. The van der Waals surface area contributed by atoms with Crippen molar-refractivity contribution in [1.82, 2.24) is 15.5 Å². The summed E-state index contributed by atoms with van der Waals surface area (Å²) in [6.45, 7) is 4.19. The summed E-state index contributed by atoms with van der Waals surface area (Å²) in [4.78, 5) is 26.6. The van der Waals surface area contributed by atoms with Crippen LogP contribution in [0.15, 0.2) is 24.3 Å². The van der Waals surface area contributed by atoms with Gasteiger partial charge in [0.15, 0.2) is 0 Å². The second-order valence-corrected chi connectivity index (χ2v) is 6.47. The summed E-state index contributed by atoms with van der Waals surface area (Å²) in [6, 6.07) is 4.99. The van der Waals surface area contributed by atoms with Crippen molar-refractivity contribution >= 4 is 11.9 Å². The van der Waals surface area contributed by atoms with Crippen molar-refractivity contribution < 1.29 is 14.0 Å². The average Bonchev–Trinajstić information content (AvgIpc) is 3.09. The Balaban J connectivity index is 1.85. The van der Waals surface area contributed by atoms with E-state index in [1.54, 1.807) is 17.0 Å². The number of benzene rings is 1. The third-order valence-corrected chi connectivity index (χ3v) is 4.48. The molecule has 138 valence electrons. The van der Waals surface area contributed by atoms with Gasteiger partial charge in [-0.1, -0.05) is 25.5 Å². The fourth-order valence-corrected chi connectivity index (χ4v) is 2.99. The molecule has 2 rings (SSSR count). The lowest BCUT2D eigenvalue weighted by Gasteiger charge is -2.24. The Morgan fingerprint density at radius 2 is 2.08 bits per heavy atom. The summed E-state index contributed by atoms with van der Waals surface area (Å²) in [6.07, 6.45) is 2.30. The van der Waals surface area contributed by atoms with E-state index >= 15 is 0 Å². The van der Waals surface area contributed by atoms with Gasteiger partial charge in [0.1, 0.15) is 11.9 Å². The standard InChI is InChI=1S/C18H27FN4O2/c1-2-3-16(17(24)23-9-8-14(10-20)12-23)22-18(25)21-11-13-4-6-15(19)7-5-13/h4-7,14,16H,2-3,8-12,20H2,1H3,(H2,21,22,25). The molecule has 6 nitrogen and oxygen atoms in total.